The van der Waals surface area contributed by atoms with Crippen molar-refractivity contribution in [3.8, 4) is 0 Å². The maximum atomic E-state index is 11.7. The molecule has 1 aromatic carbocycles. The van der Waals surface area contributed by atoms with Gasteiger partial charge in [0.2, 0.25) is 5.91 Å². The van der Waals surface area contributed by atoms with Crippen LogP contribution >= 0.6 is 0 Å². The minimum absolute atomic E-state index is 0.151. The third-order valence-electron chi connectivity index (χ3n) is 4.06. The van der Waals surface area contributed by atoms with Crippen LogP contribution in [0, 0.1) is 6.92 Å². The molecule has 0 radical (unpaired) electrons. The van der Waals surface area contributed by atoms with E-state index in [4.69, 9.17) is 0 Å². The summed E-state index contributed by atoms with van der Waals surface area (Å²) in [4.78, 5) is 25.1. The van der Waals surface area contributed by atoms with Crippen LogP contribution in [0.2, 0.25) is 0 Å². The van der Waals surface area contributed by atoms with E-state index in [0.29, 0.717) is 24.3 Å². The molecule has 0 bridgehead atoms. The summed E-state index contributed by atoms with van der Waals surface area (Å²) in [5, 5.41) is 16.8. The van der Waals surface area contributed by atoms with Crippen molar-refractivity contribution in [2.45, 2.75) is 46.7 Å². The molecular weight excluding hydrogens is 332 g/mol. The highest BCUT2D eigenvalue weighted by molar-refractivity contribution is 5.98. The van der Waals surface area contributed by atoms with Gasteiger partial charge in [-0.15, -0.1) is 0 Å². The van der Waals surface area contributed by atoms with E-state index in [1.165, 1.54) is 6.07 Å². The smallest absolute Gasteiger partial charge is 0.337 e. The summed E-state index contributed by atoms with van der Waals surface area (Å²) in [6.07, 6.45) is 1.31. The van der Waals surface area contributed by atoms with E-state index in [9.17, 15) is 14.7 Å². The Kier molecular flexibility index (Phi) is 6.38. The molecule has 0 saturated carbocycles. The van der Waals surface area contributed by atoms with Crippen molar-refractivity contribution >= 4 is 23.3 Å². The first kappa shape index (κ1) is 19.5. The predicted octanol–water partition coefficient (Wildman–Crippen LogP) is 3.28. The first-order valence-electron chi connectivity index (χ1n) is 8.77. The molecule has 0 unspecified atom stereocenters. The lowest BCUT2D eigenvalue weighted by atomic mass is 10.1. The molecule has 1 heterocycles. The number of carbonyl (C=O) groups is 2. The van der Waals surface area contributed by atoms with Crippen molar-refractivity contribution in [1.29, 1.82) is 0 Å². The van der Waals surface area contributed by atoms with Gasteiger partial charge in [0.1, 0.15) is 0 Å². The summed E-state index contributed by atoms with van der Waals surface area (Å²) in [7, 11) is 1.85. The van der Waals surface area contributed by atoms with Crippen LogP contribution in [0.15, 0.2) is 24.3 Å². The van der Waals surface area contributed by atoms with Gasteiger partial charge in [-0.1, -0.05) is 13.8 Å². The second-order valence-electron chi connectivity index (χ2n) is 6.30. The van der Waals surface area contributed by atoms with Crippen molar-refractivity contribution in [3.63, 3.8) is 0 Å². The minimum atomic E-state index is -1.03. The number of aromatic nitrogens is 2. The molecule has 0 aliphatic carbocycles. The molecule has 1 aromatic heterocycles. The fourth-order valence-corrected chi connectivity index (χ4v) is 2.83. The number of anilines is 2. The van der Waals surface area contributed by atoms with Gasteiger partial charge in [0.25, 0.3) is 0 Å². The first-order valence-corrected chi connectivity index (χ1v) is 8.77. The minimum Gasteiger partial charge on any atom is -0.478 e. The van der Waals surface area contributed by atoms with E-state index >= 15 is 0 Å². The average molecular weight is 358 g/mol. The van der Waals surface area contributed by atoms with Gasteiger partial charge in [-0.2, -0.15) is 5.10 Å². The lowest BCUT2D eigenvalue weighted by molar-refractivity contribution is -0.115. The fourth-order valence-electron chi connectivity index (χ4n) is 2.83. The predicted molar refractivity (Wildman–Crippen MR) is 102 cm³/mol. The Morgan fingerprint density at radius 2 is 2.00 bits per heavy atom. The number of hydrogen-bond acceptors (Lipinski definition) is 4. The molecule has 2 aromatic rings. The lowest BCUT2D eigenvalue weighted by Gasteiger charge is -2.22. The van der Waals surface area contributed by atoms with Gasteiger partial charge in [-0.05, 0) is 37.6 Å². The Bertz CT molecular complexity index is 798. The fraction of sp³-hybridized carbons (Fsp3) is 0.421. The average Bonchev–Trinajstić information content (AvgIpc) is 2.94. The van der Waals surface area contributed by atoms with E-state index in [2.05, 4.69) is 17.3 Å². The van der Waals surface area contributed by atoms with Gasteiger partial charge >= 0.3 is 5.97 Å². The van der Waals surface area contributed by atoms with Gasteiger partial charge in [0.05, 0.1) is 29.2 Å². The number of carboxylic acid groups (broad SMARTS) is 1. The zero-order chi connectivity index (χ0) is 19.3. The van der Waals surface area contributed by atoms with Crippen molar-refractivity contribution < 1.29 is 14.7 Å². The Balaban J connectivity index is 2.29. The molecule has 26 heavy (non-hydrogen) atoms. The SMILES string of the molecule is CCCn1nc(C)cc1CN(C)c1ccc(NC(=O)CC)cc1C(=O)O. The maximum absolute atomic E-state index is 11.7. The van der Waals surface area contributed by atoms with Gasteiger partial charge in [-0.3, -0.25) is 9.48 Å². The topological polar surface area (TPSA) is 87.5 Å². The van der Waals surface area contributed by atoms with E-state index in [0.717, 1.165) is 24.4 Å². The molecule has 2 rings (SSSR count). The van der Waals surface area contributed by atoms with Crippen LogP contribution in [0.25, 0.3) is 0 Å². The molecule has 0 spiro atoms. The second-order valence-corrected chi connectivity index (χ2v) is 6.30. The van der Waals surface area contributed by atoms with Gasteiger partial charge in [-0.25, -0.2) is 4.79 Å². The summed E-state index contributed by atoms with van der Waals surface area (Å²) in [6.45, 7) is 7.16. The molecular formula is C19H26N4O3. The van der Waals surface area contributed by atoms with Gasteiger partial charge < -0.3 is 15.3 Å². The molecule has 0 fully saturated rings. The normalized spacial score (nSPS) is 10.6. The summed E-state index contributed by atoms with van der Waals surface area (Å²) < 4.78 is 1.96. The summed E-state index contributed by atoms with van der Waals surface area (Å²) in [6, 6.07) is 6.96. The highest BCUT2D eigenvalue weighted by Crippen LogP contribution is 2.25. The maximum Gasteiger partial charge on any atom is 0.337 e. The number of rotatable bonds is 8. The van der Waals surface area contributed by atoms with Crippen molar-refractivity contribution in [3.05, 3.63) is 41.2 Å². The Morgan fingerprint density at radius 3 is 2.62 bits per heavy atom. The third kappa shape index (κ3) is 4.62. The molecule has 0 atom stereocenters. The van der Waals surface area contributed by atoms with Gasteiger partial charge in [0, 0.05) is 25.7 Å². The van der Waals surface area contributed by atoms with E-state index < -0.39 is 5.97 Å². The number of nitrogens with zero attached hydrogens (tertiary/aromatic N) is 3. The third-order valence-corrected chi connectivity index (χ3v) is 4.06. The molecule has 0 aliphatic heterocycles. The summed E-state index contributed by atoms with van der Waals surface area (Å²) >= 11 is 0. The van der Waals surface area contributed by atoms with E-state index in [-0.39, 0.29) is 11.5 Å². The largest absolute Gasteiger partial charge is 0.478 e. The lowest BCUT2D eigenvalue weighted by Crippen LogP contribution is -2.22. The van der Waals surface area contributed by atoms with Crippen LogP contribution in [0.1, 0.15) is 48.4 Å². The van der Waals surface area contributed by atoms with Gasteiger partial charge in [0.15, 0.2) is 0 Å². The highest BCUT2D eigenvalue weighted by Gasteiger charge is 2.17. The number of carboxylic acids is 1. The van der Waals surface area contributed by atoms with Crippen LogP contribution in [0.4, 0.5) is 11.4 Å². The number of nitrogens with one attached hydrogen (secondary N) is 1. The monoisotopic (exact) mass is 358 g/mol. The molecule has 1 amide bonds. The summed E-state index contributed by atoms with van der Waals surface area (Å²) in [5.74, 6) is -1.18. The zero-order valence-corrected chi connectivity index (χ0v) is 15.7. The van der Waals surface area contributed by atoms with Crippen LogP contribution < -0.4 is 10.2 Å². The number of aromatic carboxylic acids is 1. The Hall–Kier alpha value is -2.83. The molecule has 140 valence electrons. The first-order chi connectivity index (χ1) is 12.3. The number of carbonyl (C=O) groups excluding carboxylic acids is 1. The van der Waals surface area contributed by atoms with Crippen molar-refractivity contribution in [2.75, 3.05) is 17.3 Å². The quantitative estimate of drug-likeness (QED) is 0.756. The van der Waals surface area contributed by atoms with Crippen LogP contribution in [0.5, 0.6) is 0 Å². The van der Waals surface area contributed by atoms with Crippen LogP contribution in [-0.2, 0) is 17.9 Å². The number of benzene rings is 1. The standard InChI is InChI=1S/C19H26N4O3/c1-5-9-23-15(10-13(3)21-23)12-22(4)17-8-7-14(20-18(24)6-2)11-16(17)19(25)26/h7-8,10-11H,5-6,9,12H2,1-4H3,(H,20,24)(H,25,26). The molecule has 0 aliphatic rings. The van der Waals surface area contributed by atoms with E-state index in [1.54, 1.807) is 19.1 Å². The summed E-state index contributed by atoms with van der Waals surface area (Å²) in [5.41, 5.74) is 3.20. The Labute approximate surface area is 153 Å². The Morgan fingerprint density at radius 1 is 1.27 bits per heavy atom. The second kappa shape index (κ2) is 8.51. The molecule has 2 N–H and O–H groups in total. The van der Waals surface area contributed by atoms with Crippen LogP contribution in [0.3, 0.4) is 0 Å². The van der Waals surface area contributed by atoms with Crippen molar-refractivity contribution in [2.24, 2.45) is 0 Å². The van der Waals surface area contributed by atoms with Crippen LogP contribution in [-0.4, -0.2) is 33.8 Å². The number of amides is 1. The number of aryl methyl sites for hydroxylation is 2. The van der Waals surface area contributed by atoms with E-state index in [1.807, 2.05) is 29.6 Å². The zero-order valence-electron chi connectivity index (χ0n) is 15.7. The van der Waals surface area contributed by atoms with Crippen molar-refractivity contribution in [1.82, 2.24) is 9.78 Å². The highest BCUT2D eigenvalue weighted by atomic mass is 16.4. The number of hydrogen-bond donors (Lipinski definition) is 2. The molecule has 0 saturated heterocycles. The molecule has 7 nitrogen and oxygen atoms in total. The molecule has 7 heteroatoms.